The van der Waals surface area contributed by atoms with Crippen molar-refractivity contribution >= 4 is 5.91 Å². The van der Waals surface area contributed by atoms with Gasteiger partial charge in [-0.1, -0.05) is 17.7 Å². The minimum atomic E-state index is -0.263. The number of amides is 1. The zero-order valence-electron chi connectivity index (χ0n) is 15.2. The zero-order valence-corrected chi connectivity index (χ0v) is 15.2. The first-order chi connectivity index (χ1) is 12.5. The lowest BCUT2D eigenvalue weighted by molar-refractivity contribution is -0.123. The van der Waals surface area contributed by atoms with E-state index in [0.717, 1.165) is 11.3 Å². The highest BCUT2D eigenvalue weighted by molar-refractivity contribution is 5.77. The van der Waals surface area contributed by atoms with Crippen molar-refractivity contribution in [1.82, 2.24) is 5.32 Å². The standard InChI is InChI=1S/C20H22N2O4/c1-14-4-6-17(15(2)10-14)25-9-8-22-20(23)13-26-18-7-5-16(12-21)11-19(18)24-3/h4-7,10-11H,8-9,13H2,1-3H3,(H,22,23). The van der Waals surface area contributed by atoms with Crippen LogP contribution in [0.25, 0.3) is 0 Å². The third kappa shape index (κ3) is 5.42. The molecule has 0 saturated heterocycles. The molecule has 6 nitrogen and oxygen atoms in total. The Kier molecular flexibility index (Phi) is 6.86. The van der Waals surface area contributed by atoms with Crippen LogP contribution in [0.4, 0.5) is 0 Å². The summed E-state index contributed by atoms with van der Waals surface area (Å²) in [6.45, 7) is 4.61. The lowest BCUT2D eigenvalue weighted by atomic mass is 10.1. The molecule has 2 rings (SSSR count). The Labute approximate surface area is 153 Å². The van der Waals surface area contributed by atoms with Crippen LogP contribution in [0.5, 0.6) is 17.2 Å². The largest absolute Gasteiger partial charge is 0.493 e. The van der Waals surface area contributed by atoms with Crippen LogP contribution in [0.3, 0.4) is 0 Å². The summed E-state index contributed by atoms with van der Waals surface area (Å²) >= 11 is 0. The summed E-state index contributed by atoms with van der Waals surface area (Å²) < 4.78 is 16.3. The Morgan fingerprint density at radius 2 is 1.85 bits per heavy atom. The highest BCUT2D eigenvalue weighted by Gasteiger charge is 2.08. The van der Waals surface area contributed by atoms with Gasteiger partial charge in [-0.25, -0.2) is 0 Å². The van der Waals surface area contributed by atoms with Gasteiger partial charge in [0.1, 0.15) is 12.4 Å². The maximum absolute atomic E-state index is 11.9. The molecule has 26 heavy (non-hydrogen) atoms. The molecule has 0 spiro atoms. The van der Waals surface area contributed by atoms with Crippen LogP contribution >= 0.6 is 0 Å². The number of methoxy groups -OCH3 is 1. The molecule has 0 fully saturated rings. The maximum atomic E-state index is 11.9. The van der Waals surface area contributed by atoms with E-state index in [-0.39, 0.29) is 12.5 Å². The molecule has 0 aliphatic carbocycles. The number of hydrogen-bond donors (Lipinski definition) is 1. The van der Waals surface area contributed by atoms with E-state index < -0.39 is 0 Å². The topological polar surface area (TPSA) is 80.6 Å². The van der Waals surface area contributed by atoms with Gasteiger partial charge in [-0.05, 0) is 37.6 Å². The summed E-state index contributed by atoms with van der Waals surface area (Å²) in [6, 6.07) is 12.7. The molecule has 0 aromatic heterocycles. The number of nitriles is 1. The van der Waals surface area contributed by atoms with Gasteiger partial charge in [-0.2, -0.15) is 5.26 Å². The number of rotatable bonds is 8. The van der Waals surface area contributed by atoms with E-state index in [1.165, 1.54) is 12.7 Å². The van der Waals surface area contributed by atoms with Gasteiger partial charge in [0.25, 0.3) is 5.91 Å². The molecule has 1 amide bonds. The van der Waals surface area contributed by atoms with Crippen LogP contribution in [0.2, 0.25) is 0 Å². The van der Waals surface area contributed by atoms with Gasteiger partial charge in [-0.15, -0.1) is 0 Å². The Bertz CT molecular complexity index is 812. The van der Waals surface area contributed by atoms with Crippen molar-refractivity contribution < 1.29 is 19.0 Å². The Morgan fingerprint density at radius 1 is 1.08 bits per heavy atom. The van der Waals surface area contributed by atoms with Gasteiger partial charge in [0.05, 0.1) is 25.3 Å². The molecular formula is C20H22N2O4. The van der Waals surface area contributed by atoms with Crippen LogP contribution in [-0.4, -0.2) is 32.8 Å². The molecule has 0 atom stereocenters. The second kappa shape index (κ2) is 9.33. The molecule has 6 heteroatoms. The Balaban J connectivity index is 1.75. The number of nitrogens with zero attached hydrogens (tertiary/aromatic N) is 1. The molecule has 2 aromatic carbocycles. The van der Waals surface area contributed by atoms with Crippen molar-refractivity contribution in [2.45, 2.75) is 13.8 Å². The van der Waals surface area contributed by atoms with E-state index in [9.17, 15) is 4.79 Å². The molecule has 1 N–H and O–H groups in total. The van der Waals surface area contributed by atoms with Crippen molar-refractivity contribution in [3.05, 3.63) is 53.1 Å². The zero-order chi connectivity index (χ0) is 18.9. The number of benzene rings is 2. The summed E-state index contributed by atoms with van der Waals surface area (Å²) in [5.74, 6) is 1.37. The summed E-state index contributed by atoms with van der Waals surface area (Å²) in [5.41, 5.74) is 2.70. The molecule has 0 aliphatic heterocycles. The predicted octanol–water partition coefficient (Wildman–Crippen LogP) is 2.76. The summed E-state index contributed by atoms with van der Waals surface area (Å²) in [4.78, 5) is 11.9. The third-order valence-electron chi connectivity index (χ3n) is 3.66. The number of carbonyl (C=O) groups excluding carboxylic acids is 1. The average molecular weight is 354 g/mol. The van der Waals surface area contributed by atoms with Crippen molar-refractivity contribution in [3.63, 3.8) is 0 Å². The normalized spacial score (nSPS) is 9.92. The van der Waals surface area contributed by atoms with Gasteiger partial charge in [0, 0.05) is 6.07 Å². The first-order valence-corrected chi connectivity index (χ1v) is 8.21. The molecular weight excluding hydrogens is 332 g/mol. The molecule has 2 aromatic rings. The Hall–Kier alpha value is -3.20. The van der Waals surface area contributed by atoms with Gasteiger partial charge in [0.2, 0.25) is 0 Å². The Morgan fingerprint density at radius 3 is 2.54 bits per heavy atom. The van der Waals surface area contributed by atoms with Crippen molar-refractivity contribution in [2.75, 3.05) is 26.9 Å². The molecule has 0 bridgehead atoms. The van der Waals surface area contributed by atoms with Crippen molar-refractivity contribution in [1.29, 1.82) is 5.26 Å². The average Bonchev–Trinajstić information content (AvgIpc) is 2.64. The summed E-state index contributed by atoms with van der Waals surface area (Å²) in [6.07, 6.45) is 0. The fraction of sp³-hybridized carbons (Fsp3) is 0.300. The molecule has 0 saturated carbocycles. The van der Waals surface area contributed by atoms with Crippen LogP contribution in [0, 0.1) is 25.2 Å². The maximum Gasteiger partial charge on any atom is 0.258 e. The predicted molar refractivity (Wildman–Crippen MR) is 97.6 cm³/mol. The second-order valence-electron chi connectivity index (χ2n) is 5.73. The lowest BCUT2D eigenvalue weighted by Crippen LogP contribution is -2.32. The SMILES string of the molecule is COc1cc(C#N)ccc1OCC(=O)NCCOc1ccc(C)cc1C. The first-order valence-electron chi connectivity index (χ1n) is 8.21. The highest BCUT2D eigenvalue weighted by Crippen LogP contribution is 2.27. The second-order valence-corrected chi connectivity index (χ2v) is 5.73. The van der Waals surface area contributed by atoms with E-state index in [4.69, 9.17) is 19.5 Å². The van der Waals surface area contributed by atoms with Crippen LogP contribution < -0.4 is 19.5 Å². The molecule has 0 heterocycles. The third-order valence-corrected chi connectivity index (χ3v) is 3.66. The molecule has 136 valence electrons. The number of carbonyl (C=O) groups is 1. The number of aryl methyl sites for hydroxylation is 2. The summed E-state index contributed by atoms with van der Waals surface area (Å²) in [5, 5.41) is 11.6. The summed E-state index contributed by atoms with van der Waals surface area (Å²) in [7, 11) is 1.48. The number of nitrogens with one attached hydrogen (secondary N) is 1. The van der Waals surface area contributed by atoms with E-state index in [1.54, 1.807) is 18.2 Å². The van der Waals surface area contributed by atoms with Crippen molar-refractivity contribution in [2.24, 2.45) is 0 Å². The van der Waals surface area contributed by atoms with Gasteiger partial charge < -0.3 is 19.5 Å². The first kappa shape index (κ1) is 19.1. The van der Waals surface area contributed by atoms with Crippen LogP contribution in [0.15, 0.2) is 36.4 Å². The van der Waals surface area contributed by atoms with E-state index >= 15 is 0 Å². The van der Waals surface area contributed by atoms with E-state index in [0.29, 0.717) is 30.2 Å². The van der Waals surface area contributed by atoms with Gasteiger partial charge in [-0.3, -0.25) is 4.79 Å². The highest BCUT2D eigenvalue weighted by atomic mass is 16.5. The van der Waals surface area contributed by atoms with E-state index in [1.807, 2.05) is 38.1 Å². The quantitative estimate of drug-likeness (QED) is 0.737. The molecule has 0 unspecified atom stereocenters. The lowest BCUT2D eigenvalue weighted by Gasteiger charge is -2.12. The van der Waals surface area contributed by atoms with Crippen LogP contribution in [0.1, 0.15) is 16.7 Å². The number of ether oxygens (including phenoxy) is 3. The van der Waals surface area contributed by atoms with E-state index in [2.05, 4.69) is 5.32 Å². The fourth-order valence-corrected chi connectivity index (χ4v) is 2.36. The number of hydrogen-bond acceptors (Lipinski definition) is 5. The molecule has 0 aliphatic rings. The fourth-order valence-electron chi connectivity index (χ4n) is 2.36. The van der Waals surface area contributed by atoms with Gasteiger partial charge >= 0.3 is 0 Å². The minimum Gasteiger partial charge on any atom is -0.493 e. The molecule has 0 radical (unpaired) electrons. The smallest absolute Gasteiger partial charge is 0.258 e. The monoisotopic (exact) mass is 354 g/mol. The van der Waals surface area contributed by atoms with Gasteiger partial charge in [0.15, 0.2) is 18.1 Å². The van der Waals surface area contributed by atoms with Crippen molar-refractivity contribution in [3.8, 4) is 23.3 Å². The minimum absolute atomic E-state index is 0.147. The van der Waals surface area contributed by atoms with Crippen LogP contribution in [-0.2, 0) is 4.79 Å².